The second-order valence-corrected chi connectivity index (χ2v) is 3.29. The molecule has 0 aromatic rings. The van der Waals surface area contributed by atoms with Gasteiger partial charge in [0.2, 0.25) is 5.91 Å². The van der Waals surface area contributed by atoms with E-state index >= 15 is 0 Å². The van der Waals surface area contributed by atoms with Gasteiger partial charge in [-0.15, -0.1) is 0 Å². The zero-order valence-corrected chi connectivity index (χ0v) is 8.22. The molecule has 0 aliphatic heterocycles. The van der Waals surface area contributed by atoms with Crippen molar-refractivity contribution in [2.75, 3.05) is 6.54 Å². The zero-order chi connectivity index (χ0) is 9.02. The minimum absolute atomic E-state index is 0.175. The molecule has 0 spiro atoms. The third kappa shape index (κ3) is 2.91. The molecule has 66 valence electrons. The van der Waals surface area contributed by atoms with Crippen molar-refractivity contribution in [2.45, 2.75) is 40.7 Å². The zero-order valence-electron chi connectivity index (χ0n) is 8.22. The molecule has 0 aliphatic rings. The van der Waals surface area contributed by atoms with Crippen LogP contribution in [0.4, 0.5) is 0 Å². The molecule has 0 N–H and O–H groups in total. The molecule has 1 atom stereocenters. The van der Waals surface area contributed by atoms with E-state index in [9.17, 15) is 4.79 Å². The number of rotatable bonds is 3. The third-order valence-corrected chi connectivity index (χ3v) is 2.20. The van der Waals surface area contributed by atoms with E-state index in [1.807, 2.05) is 11.8 Å². The Labute approximate surface area is 69.6 Å². The molecule has 0 aromatic heterocycles. The van der Waals surface area contributed by atoms with Crippen molar-refractivity contribution < 1.29 is 4.79 Å². The number of carbonyl (C=O) groups excluding carboxylic acids is 1. The van der Waals surface area contributed by atoms with Crippen molar-refractivity contribution in [1.29, 1.82) is 0 Å². The lowest BCUT2D eigenvalue weighted by Gasteiger charge is -2.29. The Morgan fingerprint density at radius 2 is 1.82 bits per heavy atom. The van der Waals surface area contributed by atoms with Crippen molar-refractivity contribution in [2.24, 2.45) is 5.92 Å². The number of hydrogen-bond acceptors (Lipinski definition) is 1. The van der Waals surface area contributed by atoms with Gasteiger partial charge < -0.3 is 4.90 Å². The van der Waals surface area contributed by atoms with Gasteiger partial charge in [0.25, 0.3) is 0 Å². The first kappa shape index (κ1) is 10.5. The fourth-order valence-corrected chi connectivity index (χ4v) is 1.16. The minimum atomic E-state index is 0.175. The summed E-state index contributed by atoms with van der Waals surface area (Å²) in [5.41, 5.74) is 0. The topological polar surface area (TPSA) is 20.3 Å². The lowest BCUT2D eigenvalue weighted by atomic mass is 10.0. The van der Waals surface area contributed by atoms with Gasteiger partial charge in [0.1, 0.15) is 0 Å². The first-order valence-electron chi connectivity index (χ1n) is 4.27. The van der Waals surface area contributed by atoms with E-state index < -0.39 is 0 Å². The van der Waals surface area contributed by atoms with Crippen LogP contribution in [0.25, 0.3) is 0 Å². The van der Waals surface area contributed by atoms with Gasteiger partial charge >= 0.3 is 0 Å². The first-order valence-corrected chi connectivity index (χ1v) is 4.27. The van der Waals surface area contributed by atoms with Gasteiger partial charge in [0.15, 0.2) is 0 Å². The monoisotopic (exact) mass is 157 g/mol. The van der Waals surface area contributed by atoms with Gasteiger partial charge in [-0.2, -0.15) is 0 Å². The molecule has 1 amide bonds. The van der Waals surface area contributed by atoms with Gasteiger partial charge in [0, 0.05) is 19.5 Å². The van der Waals surface area contributed by atoms with Crippen LogP contribution in [-0.2, 0) is 4.79 Å². The Balaban J connectivity index is 4.14. The van der Waals surface area contributed by atoms with E-state index in [1.165, 1.54) is 0 Å². The molecule has 0 saturated heterocycles. The van der Waals surface area contributed by atoms with E-state index in [2.05, 4.69) is 20.8 Å². The highest BCUT2D eigenvalue weighted by molar-refractivity contribution is 5.73. The SMILES string of the molecule is CCN(C(C)=O)C(C)C(C)C. The summed E-state index contributed by atoms with van der Waals surface area (Å²) in [5.74, 6) is 0.715. The van der Waals surface area contributed by atoms with Crippen LogP contribution in [0.1, 0.15) is 34.6 Å². The summed E-state index contributed by atoms with van der Waals surface area (Å²) in [4.78, 5) is 12.9. The lowest BCUT2D eigenvalue weighted by Crippen LogP contribution is -2.39. The minimum Gasteiger partial charge on any atom is -0.340 e. The standard InChI is InChI=1S/C9H19NO/c1-6-10(9(5)11)8(4)7(2)3/h7-8H,6H2,1-5H3. The molecule has 2 nitrogen and oxygen atoms in total. The van der Waals surface area contributed by atoms with Gasteiger partial charge in [-0.05, 0) is 19.8 Å². The van der Waals surface area contributed by atoms with Crippen molar-refractivity contribution in [3.8, 4) is 0 Å². The van der Waals surface area contributed by atoms with Crippen molar-refractivity contribution in [1.82, 2.24) is 4.90 Å². The molecule has 0 rings (SSSR count). The Kier molecular flexibility index (Phi) is 4.16. The highest BCUT2D eigenvalue weighted by Crippen LogP contribution is 2.09. The van der Waals surface area contributed by atoms with Crippen LogP contribution >= 0.6 is 0 Å². The summed E-state index contributed by atoms with van der Waals surface area (Å²) in [6.45, 7) is 10.8. The summed E-state index contributed by atoms with van der Waals surface area (Å²) in [7, 11) is 0. The highest BCUT2D eigenvalue weighted by Gasteiger charge is 2.16. The van der Waals surface area contributed by atoms with Crippen LogP contribution in [0.2, 0.25) is 0 Å². The fourth-order valence-electron chi connectivity index (χ4n) is 1.16. The van der Waals surface area contributed by atoms with E-state index in [4.69, 9.17) is 0 Å². The fraction of sp³-hybridized carbons (Fsp3) is 0.889. The van der Waals surface area contributed by atoms with E-state index in [-0.39, 0.29) is 5.91 Å². The normalized spacial score (nSPS) is 13.3. The Hall–Kier alpha value is -0.530. The van der Waals surface area contributed by atoms with Gasteiger partial charge in [-0.1, -0.05) is 13.8 Å². The molecule has 0 heterocycles. The molecular weight excluding hydrogens is 138 g/mol. The predicted octanol–water partition coefficient (Wildman–Crippen LogP) is 1.90. The summed E-state index contributed by atoms with van der Waals surface area (Å²) in [5, 5.41) is 0. The maximum atomic E-state index is 11.0. The van der Waals surface area contributed by atoms with Crippen LogP contribution in [0, 0.1) is 5.92 Å². The predicted molar refractivity (Wildman–Crippen MR) is 47.4 cm³/mol. The third-order valence-electron chi connectivity index (χ3n) is 2.20. The summed E-state index contributed by atoms with van der Waals surface area (Å²) in [6.07, 6.45) is 0. The van der Waals surface area contributed by atoms with Crippen LogP contribution in [-0.4, -0.2) is 23.4 Å². The van der Waals surface area contributed by atoms with Crippen molar-refractivity contribution in [3.63, 3.8) is 0 Å². The van der Waals surface area contributed by atoms with Gasteiger partial charge in [-0.25, -0.2) is 0 Å². The lowest BCUT2D eigenvalue weighted by molar-refractivity contribution is -0.131. The van der Waals surface area contributed by atoms with Gasteiger partial charge in [-0.3, -0.25) is 4.79 Å². The quantitative estimate of drug-likeness (QED) is 0.612. The average molecular weight is 157 g/mol. The molecule has 0 bridgehead atoms. The molecule has 0 saturated carbocycles. The number of nitrogens with zero attached hydrogens (tertiary/aromatic N) is 1. The second kappa shape index (κ2) is 4.37. The molecule has 0 radical (unpaired) electrons. The summed E-state index contributed by atoms with van der Waals surface area (Å²) in [6, 6.07) is 0.359. The van der Waals surface area contributed by atoms with E-state index in [1.54, 1.807) is 6.92 Å². The largest absolute Gasteiger partial charge is 0.340 e. The average Bonchev–Trinajstić information content (AvgIpc) is 1.88. The summed E-state index contributed by atoms with van der Waals surface area (Å²) < 4.78 is 0. The number of amides is 1. The highest BCUT2D eigenvalue weighted by atomic mass is 16.2. The Bertz CT molecular complexity index is 132. The maximum Gasteiger partial charge on any atom is 0.219 e. The maximum absolute atomic E-state index is 11.0. The summed E-state index contributed by atoms with van der Waals surface area (Å²) >= 11 is 0. The molecule has 0 aromatic carbocycles. The molecule has 1 unspecified atom stereocenters. The molecule has 11 heavy (non-hydrogen) atoms. The molecule has 0 fully saturated rings. The van der Waals surface area contributed by atoms with Crippen molar-refractivity contribution >= 4 is 5.91 Å². The van der Waals surface area contributed by atoms with Crippen LogP contribution in [0.15, 0.2) is 0 Å². The molecule has 2 heteroatoms. The smallest absolute Gasteiger partial charge is 0.219 e. The molecular formula is C9H19NO. The van der Waals surface area contributed by atoms with Gasteiger partial charge in [0.05, 0.1) is 0 Å². The number of hydrogen-bond donors (Lipinski definition) is 0. The van der Waals surface area contributed by atoms with Crippen LogP contribution in [0.5, 0.6) is 0 Å². The second-order valence-electron chi connectivity index (χ2n) is 3.29. The molecule has 0 aliphatic carbocycles. The van der Waals surface area contributed by atoms with Crippen LogP contribution in [0.3, 0.4) is 0 Å². The van der Waals surface area contributed by atoms with E-state index in [0.717, 1.165) is 6.54 Å². The number of carbonyl (C=O) groups is 1. The van der Waals surface area contributed by atoms with E-state index in [0.29, 0.717) is 12.0 Å². The van der Waals surface area contributed by atoms with Crippen LogP contribution < -0.4 is 0 Å². The van der Waals surface area contributed by atoms with Crippen molar-refractivity contribution in [3.05, 3.63) is 0 Å². The Morgan fingerprint density at radius 1 is 1.36 bits per heavy atom. The Morgan fingerprint density at radius 3 is 1.91 bits per heavy atom. The first-order chi connectivity index (χ1) is 5.00.